The molecule has 2 aromatic carbocycles. The molecule has 4 aromatic rings. The topological polar surface area (TPSA) is 125 Å². The lowest BCUT2D eigenvalue weighted by Gasteiger charge is -2.15. The second kappa shape index (κ2) is 11.8. The Balaban J connectivity index is 1.52. The molecule has 2 aromatic heterocycles. The number of methoxy groups -OCH3 is 1. The maximum atomic E-state index is 13.2. The highest BCUT2D eigenvalue weighted by Crippen LogP contribution is 2.29. The van der Waals surface area contributed by atoms with Gasteiger partial charge in [0.05, 0.1) is 24.4 Å². The molecule has 0 spiro atoms. The minimum atomic E-state index is -0.684. The highest BCUT2D eigenvalue weighted by atomic mass is 35.5. The van der Waals surface area contributed by atoms with E-state index in [2.05, 4.69) is 32.5 Å². The molecule has 0 aliphatic heterocycles. The first-order chi connectivity index (χ1) is 17.9. The molecule has 192 valence electrons. The molecule has 0 aliphatic carbocycles. The van der Waals surface area contributed by atoms with Gasteiger partial charge in [-0.15, -0.1) is 10.2 Å². The molecule has 4 rings (SSSR count). The van der Waals surface area contributed by atoms with E-state index in [9.17, 15) is 9.59 Å². The van der Waals surface area contributed by atoms with Crippen molar-refractivity contribution in [3.8, 4) is 17.1 Å². The lowest BCUT2D eigenvalue weighted by Crippen LogP contribution is -2.32. The van der Waals surface area contributed by atoms with E-state index in [-0.39, 0.29) is 18.7 Å². The number of unbranched alkanes of at least 4 members (excludes halogenated alkanes) is 1. The van der Waals surface area contributed by atoms with Crippen LogP contribution in [0, 0.1) is 6.92 Å². The zero-order valence-electron chi connectivity index (χ0n) is 20.8. The Kier molecular flexibility index (Phi) is 8.29. The number of hydrogen-bond acceptors (Lipinski definition) is 8. The Hall–Kier alpha value is -4.05. The molecule has 0 radical (unpaired) electrons. The van der Waals surface area contributed by atoms with Gasteiger partial charge in [0.2, 0.25) is 5.82 Å². The van der Waals surface area contributed by atoms with Gasteiger partial charge in [-0.3, -0.25) is 9.36 Å². The van der Waals surface area contributed by atoms with E-state index >= 15 is 0 Å². The van der Waals surface area contributed by atoms with Crippen LogP contribution in [0.1, 0.15) is 52.8 Å². The van der Waals surface area contributed by atoms with Crippen molar-refractivity contribution in [1.82, 2.24) is 30.2 Å². The van der Waals surface area contributed by atoms with E-state index in [1.165, 1.54) is 7.11 Å². The van der Waals surface area contributed by atoms with Gasteiger partial charge in [0.25, 0.3) is 5.56 Å². The minimum Gasteiger partial charge on any atom is -0.489 e. The zero-order chi connectivity index (χ0) is 26.4. The smallest absolute Gasteiger partial charge is 0.345 e. The molecular formula is C26H27ClN6O4. The summed E-state index contributed by atoms with van der Waals surface area (Å²) in [5.74, 6) is 1.01. The largest absolute Gasteiger partial charge is 0.489 e. The van der Waals surface area contributed by atoms with Gasteiger partial charge in [0.15, 0.2) is 0 Å². The summed E-state index contributed by atoms with van der Waals surface area (Å²) in [6, 6.07) is 12.9. The number of esters is 1. The number of rotatable bonds is 10. The summed E-state index contributed by atoms with van der Waals surface area (Å²) in [7, 11) is 1.25. The van der Waals surface area contributed by atoms with E-state index in [1.807, 2.05) is 42.5 Å². The molecule has 0 amide bonds. The number of nitrogens with one attached hydrogen (secondary N) is 1. The van der Waals surface area contributed by atoms with Gasteiger partial charge in [-0.1, -0.05) is 49.2 Å². The lowest BCUT2D eigenvalue weighted by atomic mass is 10.1. The van der Waals surface area contributed by atoms with Gasteiger partial charge < -0.3 is 9.47 Å². The second-order valence-corrected chi connectivity index (χ2v) is 8.80. The van der Waals surface area contributed by atoms with Gasteiger partial charge in [0.1, 0.15) is 23.7 Å². The third kappa shape index (κ3) is 5.86. The van der Waals surface area contributed by atoms with Crippen LogP contribution in [-0.4, -0.2) is 43.3 Å². The van der Waals surface area contributed by atoms with Gasteiger partial charge in [-0.25, -0.2) is 9.78 Å². The summed E-state index contributed by atoms with van der Waals surface area (Å²) in [6.45, 7) is 4.25. The SMILES string of the molecule is CCCCc1nc(C)c(C(=O)OC)c(=O)n1Cc1ccc(OCc2cccc(-c3nn[nH]n3)c2Cl)cc1. The van der Waals surface area contributed by atoms with Gasteiger partial charge in [-0.2, -0.15) is 5.21 Å². The highest BCUT2D eigenvalue weighted by Gasteiger charge is 2.21. The van der Waals surface area contributed by atoms with Crippen LogP contribution < -0.4 is 10.3 Å². The predicted molar refractivity (Wildman–Crippen MR) is 138 cm³/mol. The number of tetrazole rings is 1. The van der Waals surface area contributed by atoms with E-state index in [4.69, 9.17) is 21.1 Å². The second-order valence-electron chi connectivity index (χ2n) is 8.42. The summed E-state index contributed by atoms with van der Waals surface area (Å²) < 4.78 is 12.3. The van der Waals surface area contributed by atoms with E-state index < -0.39 is 11.5 Å². The van der Waals surface area contributed by atoms with Crippen molar-refractivity contribution in [3.05, 3.63) is 86.0 Å². The Bertz CT molecular complexity index is 1430. The number of nitrogens with zero attached hydrogens (tertiary/aromatic N) is 5. The van der Waals surface area contributed by atoms with Crippen LogP contribution in [0.4, 0.5) is 0 Å². The molecule has 11 heteroatoms. The summed E-state index contributed by atoms with van der Waals surface area (Å²) >= 11 is 6.53. The quantitative estimate of drug-likeness (QED) is 0.308. The molecule has 0 bridgehead atoms. The number of aromatic amines is 1. The average Bonchev–Trinajstić information content (AvgIpc) is 3.44. The van der Waals surface area contributed by atoms with Gasteiger partial charge >= 0.3 is 5.97 Å². The molecule has 0 saturated carbocycles. The van der Waals surface area contributed by atoms with E-state index in [0.29, 0.717) is 40.1 Å². The summed E-state index contributed by atoms with van der Waals surface area (Å²) in [6.07, 6.45) is 2.48. The standard InChI is InChI=1S/C26H27ClN6O4/c1-4-5-9-21-28-16(2)22(26(35)36-3)25(34)33(21)14-17-10-12-19(13-11-17)37-15-18-7-6-8-20(23(18)27)24-29-31-32-30-24/h6-8,10-13H,4-5,9,14-15H2,1-3H3,(H,29,30,31,32). The number of aromatic nitrogens is 6. The molecular weight excluding hydrogens is 496 g/mol. The van der Waals surface area contributed by atoms with Crippen LogP contribution in [0.3, 0.4) is 0 Å². The average molecular weight is 523 g/mol. The van der Waals surface area contributed by atoms with Crippen LogP contribution in [0.5, 0.6) is 5.75 Å². The molecule has 0 aliphatic rings. The van der Waals surface area contributed by atoms with E-state index in [1.54, 1.807) is 11.5 Å². The molecule has 0 atom stereocenters. The summed E-state index contributed by atoms with van der Waals surface area (Å²) in [5, 5.41) is 14.4. The van der Waals surface area contributed by atoms with Crippen LogP contribution in [0.2, 0.25) is 5.02 Å². The molecule has 37 heavy (non-hydrogen) atoms. The number of carbonyl (C=O) groups excluding carboxylic acids is 1. The molecule has 2 heterocycles. The number of H-pyrrole nitrogens is 1. The van der Waals surface area contributed by atoms with Crippen molar-refractivity contribution in [1.29, 1.82) is 0 Å². The third-order valence-corrected chi connectivity index (χ3v) is 6.34. The van der Waals surface area contributed by atoms with Crippen molar-refractivity contribution in [2.75, 3.05) is 7.11 Å². The van der Waals surface area contributed by atoms with Crippen LogP contribution >= 0.6 is 11.6 Å². The molecule has 0 fully saturated rings. The first-order valence-electron chi connectivity index (χ1n) is 11.8. The monoisotopic (exact) mass is 522 g/mol. The van der Waals surface area contributed by atoms with E-state index in [0.717, 1.165) is 24.0 Å². The number of ether oxygens (including phenoxy) is 2. The molecule has 0 saturated heterocycles. The first-order valence-corrected chi connectivity index (χ1v) is 12.2. The van der Waals surface area contributed by atoms with Crippen LogP contribution in [0.25, 0.3) is 11.4 Å². The fraction of sp³-hybridized carbons (Fsp3) is 0.308. The maximum absolute atomic E-state index is 13.2. The maximum Gasteiger partial charge on any atom is 0.345 e. The Morgan fingerprint density at radius 3 is 2.62 bits per heavy atom. The Morgan fingerprint density at radius 1 is 1.16 bits per heavy atom. The fourth-order valence-electron chi connectivity index (χ4n) is 3.92. The normalized spacial score (nSPS) is 10.9. The van der Waals surface area contributed by atoms with Crippen molar-refractivity contribution in [2.24, 2.45) is 0 Å². The number of benzene rings is 2. The van der Waals surface area contributed by atoms with Crippen molar-refractivity contribution in [3.63, 3.8) is 0 Å². The molecule has 0 unspecified atom stereocenters. The molecule has 1 N–H and O–H groups in total. The van der Waals surface area contributed by atoms with Crippen LogP contribution in [-0.2, 0) is 24.3 Å². The van der Waals surface area contributed by atoms with Gasteiger partial charge in [0, 0.05) is 17.5 Å². The summed E-state index contributed by atoms with van der Waals surface area (Å²) in [4.78, 5) is 30.0. The zero-order valence-corrected chi connectivity index (χ0v) is 21.6. The van der Waals surface area contributed by atoms with Crippen LogP contribution in [0.15, 0.2) is 47.3 Å². The number of halogens is 1. The number of hydrogen-bond donors (Lipinski definition) is 1. The van der Waals surface area contributed by atoms with Crippen molar-refractivity contribution < 1.29 is 14.3 Å². The number of aryl methyl sites for hydroxylation is 2. The lowest BCUT2D eigenvalue weighted by molar-refractivity contribution is 0.0596. The predicted octanol–water partition coefficient (Wildman–Crippen LogP) is 4.14. The summed E-state index contributed by atoms with van der Waals surface area (Å²) in [5.41, 5.74) is 2.25. The number of carbonyl (C=O) groups is 1. The van der Waals surface area contributed by atoms with Crippen molar-refractivity contribution in [2.45, 2.75) is 46.3 Å². The first kappa shape index (κ1) is 26.0. The highest BCUT2D eigenvalue weighted by molar-refractivity contribution is 6.34. The van der Waals surface area contributed by atoms with Gasteiger partial charge in [-0.05, 0) is 42.3 Å². The third-order valence-electron chi connectivity index (χ3n) is 5.90. The Labute approximate surface area is 218 Å². The fourth-order valence-corrected chi connectivity index (χ4v) is 4.18. The molecule has 10 nitrogen and oxygen atoms in total. The Morgan fingerprint density at radius 2 is 1.95 bits per heavy atom. The minimum absolute atomic E-state index is 0.0392. The van der Waals surface area contributed by atoms with Crippen molar-refractivity contribution >= 4 is 17.6 Å².